The molecule has 24 heavy (non-hydrogen) atoms. The van der Waals surface area contributed by atoms with Gasteiger partial charge in [0, 0.05) is 7.92 Å². The Kier molecular flexibility index (Phi) is 4.06. The third-order valence-corrected chi connectivity index (χ3v) is 6.42. The Balaban J connectivity index is 1.83. The van der Waals surface area contributed by atoms with Crippen LogP contribution in [0.4, 0.5) is 0 Å². The molecule has 0 aromatic heterocycles. The van der Waals surface area contributed by atoms with Crippen molar-refractivity contribution in [2.45, 2.75) is 0 Å². The first kappa shape index (κ1) is 15.0. The van der Waals surface area contributed by atoms with Crippen LogP contribution in [0, 0.1) is 5.92 Å². The molecule has 0 N–H and O–H groups in total. The van der Waals surface area contributed by atoms with Gasteiger partial charge < -0.3 is 0 Å². The van der Waals surface area contributed by atoms with E-state index in [9.17, 15) is 4.79 Å². The highest BCUT2D eigenvalue weighted by Crippen LogP contribution is 2.39. The minimum atomic E-state index is -0.833. The molecule has 0 bridgehead atoms. The summed E-state index contributed by atoms with van der Waals surface area (Å²) in [5.74, 6) is -0.287. The molecule has 0 spiro atoms. The van der Waals surface area contributed by atoms with E-state index in [-0.39, 0.29) is 11.8 Å². The van der Waals surface area contributed by atoms with Crippen LogP contribution in [0.1, 0.15) is 0 Å². The molecule has 1 aliphatic carbocycles. The Bertz CT molecular complexity index is 839. The lowest BCUT2D eigenvalue weighted by Crippen LogP contribution is -2.24. The molecule has 4 rings (SSSR count). The standard InChI is InChI=1S/C21H16NOP/c23-21-19-14-8-7-9-16(19)15-20(22-21)24(17-10-3-1-4-11-17)18-12-5-2-6-13-18/h1-15,19H. The average molecular weight is 329 g/mol. The number of aliphatic imine (C=N–C) groups is 1. The Morgan fingerprint density at radius 2 is 1.46 bits per heavy atom. The van der Waals surface area contributed by atoms with Gasteiger partial charge in [-0.3, -0.25) is 4.79 Å². The second-order valence-corrected chi connectivity index (χ2v) is 7.84. The van der Waals surface area contributed by atoms with Crippen LogP contribution in [0.5, 0.6) is 0 Å². The molecule has 1 amide bonds. The SMILES string of the molecule is O=C1N=C(P(c2ccccc2)c2ccccc2)C=C2C=CC=CC12. The number of dihydropyridines is 1. The number of nitrogens with zero attached hydrogens (tertiary/aromatic N) is 1. The Labute approximate surface area is 142 Å². The monoisotopic (exact) mass is 329 g/mol. The summed E-state index contributed by atoms with van der Waals surface area (Å²) in [4.78, 5) is 17.0. The van der Waals surface area contributed by atoms with E-state index >= 15 is 0 Å². The molecule has 3 heteroatoms. The van der Waals surface area contributed by atoms with Crippen LogP contribution in [0.15, 0.2) is 102 Å². The number of rotatable bonds is 3. The molecule has 2 aromatic carbocycles. The third-order valence-electron chi connectivity index (χ3n) is 4.11. The summed E-state index contributed by atoms with van der Waals surface area (Å²) in [6.45, 7) is 0. The molecule has 0 saturated heterocycles. The highest BCUT2D eigenvalue weighted by Gasteiger charge is 2.29. The van der Waals surface area contributed by atoms with Gasteiger partial charge in [0.2, 0.25) is 0 Å². The van der Waals surface area contributed by atoms with Gasteiger partial charge in [-0.05, 0) is 22.3 Å². The minimum absolute atomic E-state index is 0.0672. The maximum Gasteiger partial charge on any atom is 0.257 e. The van der Waals surface area contributed by atoms with Gasteiger partial charge in [0.05, 0.1) is 11.4 Å². The molecule has 2 aromatic rings. The maximum atomic E-state index is 12.5. The second kappa shape index (κ2) is 6.51. The van der Waals surface area contributed by atoms with Crippen molar-refractivity contribution < 1.29 is 4.79 Å². The zero-order valence-corrected chi connectivity index (χ0v) is 13.9. The maximum absolute atomic E-state index is 12.5. The minimum Gasteiger partial charge on any atom is -0.272 e. The van der Waals surface area contributed by atoms with Crippen LogP contribution < -0.4 is 10.6 Å². The van der Waals surface area contributed by atoms with Crippen molar-refractivity contribution in [1.29, 1.82) is 0 Å². The van der Waals surface area contributed by atoms with Crippen molar-refractivity contribution in [1.82, 2.24) is 0 Å². The Morgan fingerprint density at radius 3 is 2.08 bits per heavy atom. The second-order valence-electron chi connectivity index (χ2n) is 5.68. The van der Waals surface area contributed by atoms with Crippen molar-refractivity contribution in [2.24, 2.45) is 10.9 Å². The number of benzene rings is 2. The zero-order valence-electron chi connectivity index (χ0n) is 13.0. The van der Waals surface area contributed by atoms with Gasteiger partial charge in [-0.25, -0.2) is 4.99 Å². The normalized spacial score (nSPS) is 19.0. The van der Waals surface area contributed by atoms with E-state index in [2.05, 4.69) is 35.3 Å². The lowest BCUT2D eigenvalue weighted by molar-refractivity contribution is -0.119. The van der Waals surface area contributed by atoms with Crippen LogP contribution in [0.3, 0.4) is 0 Å². The van der Waals surface area contributed by atoms with Crippen molar-refractivity contribution in [3.63, 3.8) is 0 Å². The van der Waals surface area contributed by atoms with Crippen molar-refractivity contribution in [2.75, 3.05) is 0 Å². The predicted octanol–water partition coefficient (Wildman–Crippen LogP) is 3.73. The molecule has 0 fully saturated rings. The molecule has 2 aliphatic rings. The third kappa shape index (κ3) is 2.81. The summed E-state index contributed by atoms with van der Waals surface area (Å²) >= 11 is 0. The Hall–Kier alpha value is -2.57. The van der Waals surface area contributed by atoms with Crippen LogP contribution in [-0.4, -0.2) is 11.4 Å². The van der Waals surface area contributed by atoms with Gasteiger partial charge in [0.15, 0.2) is 0 Å². The predicted molar refractivity (Wildman–Crippen MR) is 101 cm³/mol. The van der Waals surface area contributed by atoms with E-state index in [4.69, 9.17) is 0 Å². The highest BCUT2D eigenvalue weighted by atomic mass is 31.1. The number of hydrogen-bond acceptors (Lipinski definition) is 1. The topological polar surface area (TPSA) is 29.4 Å². The number of carbonyl (C=O) groups is 1. The fourth-order valence-corrected chi connectivity index (χ4v) is 5.21. The van der Waals surface area contributed by atoms with Gasteiger partial charge in [0.1, 0.15) is 0 Å². The number of hydrogen-bond donors (Lipinski definition) is 0. The first-order valence-electron chi connectivity index (χ1n) is 7.92. The van der Waals surface area contributed by atoms with Gasteiger partial charge in [-0.2, -0.15) is 0 Å². The van der Waals surface area contributed by atoms with Gasteiger partial charge in [-0.1, -0.05) is 85.0 Å². The van der Waals surface area contributed by atoms with Crippen molar-refractivity contribution >= 4 is 29.9 Å². The summed E-state index contributed by atoms with van der Waals surface area (Å²) in [6, 6.07) is 20.7. The van der Waals surface area contributed by atoms with Crippen molar-refractivity contribution in [3.05, 3.63) is 96.6 Å². The molecule has 1 heterocycles. The average Bonchev–Trinajstić information content (AvgIpc) is 2.64. The summed E-state index contributed by atoms with van der Waals surface area (Å²) in [5, 5.41) is 2.41. The molecule has 1 aliphatic heterocycles. The van der Waals surface area contributed by atoms with Crippen LogP contribution >= 0.6 is 7.92 Å². The smallest absolute Gasteiger partial charge is 0.257 e. The first-order valence-corrected chi connectivity index (χ1v) is 9.26. The molecule has 0 radical (unpaired) electrons. The van der Waals surface area contributed by atoms with Crippen LogP contribution in [0.25, 0.3) is 0 Å². The quantitative estimate of drug-likeness (QED) is 0.789. The first-order chi connectivity index (χ1) is 11.8. The van der Waals surface area contributed by atoms with E-state index in [1.54, 1.807) is 0 Å². The summed E-state index contributed by atoms with van der Waals surface area (Å²) in [7, 11) is -0.833. The molecule has 1 unspecified atom stereocenters. The summed E-state index contributed by atoms with van der Waals surface area (Å²) in [6.07, 6.45) is 9.92. The van der Waals surface area contributed by atoms with Crippen LogP contribution in [-0.2, 0) is 4.79 Å². The lowest BCUT2D eigenvalue weighted by Gasteiger charge is -2.24. The number of allylic oxidation sites excluding steroid dienone is 4. The van der Waals surface area contributed by atoms with Gasteiger partial charge in [-0.15, -0.1) is 0 Å². The fraction of sp³-hybridized carbons (Fsp3) is 0.0476. The van der Waals surface area contributed by atoms with E-state index in [1.807, 2.05) is 60.7 Å². The van der Waals surface area contributed by atoms with Gasteiger partial charge in [0.25, 0.3) is 5.91 Å². The zero-order chi connectivity index (χ0) is 16.4. The number of fused-ring (bicyclic) bond motifs is 1. The van der Waals surface area contributed by atoms with E-state index in [0.717, 1.165) is 11.0 Å². The largest absolute Gasteiger partial charge is 0.272 e. The molecule has 0 saturated carbocycles. The van der Waals surface area contributed by atoms with Crippen molar-refractivity contribution in [3.8, 4) is 0 Å². The van der Waals surface area contributed by atoms with E-state index < -0.39 is 7.92 Å². The summed E-state index contributed by atoms with van der Waals surface area (Å²) < 4.78 is 0. The molecular weight excluding hydrogens is 313 g/mol. The lowest BCUT2D eigenvalue weighted by atomic mass is 9.92. The van der Waals surface area contributed by atoms with E-state index in [0.29, 0.717) is 0 Å². The Morgan fingerprint density at radius 1 is 0.833 bits per heavy atom. The number of carbonyl (C=O) groups excluding carboxylic acids is 1. The van der Waals surface area contributed by atoms with Crippen LogP contribution in [0.2, 0.25) is 0 Å². The fourth-order valence-electron chi connectivity index (χ4n) is 2.97. The number of amides is 1. The van der Waals surface area contributed by atoms with Gasteiger partial charge >= 0.3 is 0 Å². The highest BCUT2D eigenvalue weighted by molar-refractivity contribution is 7.88. The molecule has 116 valence electrons. The molecule has 1 atom stereocenters. The molecule has 2 nitrogen and oxygen atoms in total. The molecular formula is C21H16NOP. The van der Waals surface area contributed by atoms with E-state index in [1.165, 1.54) is 10.6 Å². The summed E-state index contributed by atoms with van der Waals surface area (Å²) in [5.41, 5.74) is 1.91.